The number of aldehydes is 1. The summed E-state index contributed by atoms with van der Waals surface area (Å²) in [6, 6.07) is 1.93. The summed E-state index contributed by atoms with van der Waals surface area (Å²) >= 11 is 0. The van der Waals surface area contributed by atoms with Crippen LogP contribution < -0.4 is 118 Å². The molecule has 36 heavy (non-hydrogen) atoms. The summed E-state index contributed by atoms with van der Waals surface area (Å²) in [6.07, 6.45) is 0.131. The Morgan fingerprint density at radius 3 is 2.03 bits per heavy atom. The average Bonchev–Trinajstić information content (AvgIpc) is 2.65. The summed E-state index contributed by atoms with van der Waals surface area (Å²) in [6.45, 7) is 0.292. The van der Waals surface area contributed by atoms with Crippen molar-refractivity contribution in [2.75, 3.05) is 0 Å². The van der Waals surface area contributed by atoms with Gasteiger partial charge in [0.2, 0.25) is 0 Å². The van der Waals surface area contributed by atoms with Crippen molar-refractivity contribution >= 4 is 45.9 Å². The number of carbonyl (C=O) groups excluding carboxylic acids is 1. The molecule has 0 aliphatic carbocycles. The molecule has 0 aliphatic heterocycles. The maximum absolute atomic E-state index is 11.6. The van der Waals surface area contributed by atoms with Crippen LogP contribution in [0.25, 0.3) is 0 Å². The molecule has 0 aliphatic rings. The summed E-state index contributed by atoms with van der Waals surface area (Å²) in [7, 11) is -14.9. The van der Waals surface area contributed by atoms with Crippen LogP contribution >= 0.6 is 7.82 Å². The summed E-state index contributed by atoms with van der Waals surface area (Å²) < 4.78 is 79.3. The molecule has 0 unspecified atom stereocenters. The van der Waals surface area contributed by atoms with Gasteiger partial charge in [-0.05, 0) is 25.1 Å². The van der Waals surface area contributed by atoms with Gasteiger partial charge in [-0.25, -0.2) is 9.55 Å². The number of phosphoric acid groups is 1. The van der Waals surface area contributed by atoms with Crippen molar-refractivity contribution in [3.8, 4) is 5.75 Å². The third-order valence-electron chi connectivity index (χ3n) is 3.72. The first-order chi connectivity index (χ1) is 14.5. The van der Waals surface area contributed by atoms with Crippen molar-refractivity contribution < 1.29 is 173 Å². The van der Waals surface area contributed by atoms with Gasteiger partial charge >= 0.3 is 126 Å². The van der Waals surface area contributed by atoms with E-state index in [1.54, 1.807) is 0 Å². The SMILES string of the molecule is Cc1nc(N=Nc2ccc(S(=O)(=O)O)cc2S(=O)(=O)O)c(COP(=O)(O)O)c(C=O)c1O.[Na+].[Na+].[Na+].[Na+]. The number of hydrogen-bond donors (Lipinski definition) is 5. The van der Waals surface area contributed by atoms with Crippen LogP contribution in [0.2, 0.25) is 0 Å². The fraction of sp³-hybridized carbons (Fsp3) is 0.143. The summed E-state index contributed by atoms with van der Waals surface area (Å²) in [4.78, 5) is 31.0. The van der Waals surface area contributed by atoms with Crippen LogP contribution in [0.4, 0.5) is 11.5 Å². The summed E-state index contributed by atoms with van der Waals surface area (Å²) in [5, 5.41) is 17.1. The number of aromatic nitrogens is 1. The molecule has 22 heteroatoms. The Hall–Kier alpha value is 1.37. The van der Waals surface area contributed by atoms with Crippen molar-refractivity contribution in [1.82, 2.24) is 4.98 Å². The van der Waals surface area contributed by atoms with Gasteiger partial charge in [0.1, 0.15) is 16.3 Å². The molecular formula is C14H14N3Na4O12PS2+4. The van der Waals surface area contributed by atoms with E-state index in [4.69, 9.17) is 14.3 Å². The second-order valence-electron chi connectivity index (χ2n) is 5.92. The number of aromatic hydroxyl groups is 1. The molecule has 1 aromatic carbocycles. The standard InChI is InChI=1S/C14H14N3O12PS2.4Na/c1-7-13(19)9(5-18)10(6-29-30(20,21)22)14(15-7)17-16-11-3-2-8(31(23,24)25)4-12(11)32(26,27)28;;;;/h2-5,19H,6H2,1H3,(H2,20,21,22)(H,23,24,25)(H,26,27,28);;;;/q;4*+1. The first-order valence-electron chi connectivity index (χ1n) is 7.93. The molecule has 0 fully saturated rings. The van der Waals surface area contributed by atoms with E-state index in [2.05, 4.69) is 19.7 Å². The van der Waals surface area contributed by atoms with Crippen molar-refractivity contribution in [3.05, 3.63) is 35.0 Å². The molecule has 0 amide bonds. The number of aryl methyl sites for hydroxylation is 1. The Morgan fingerprint density at radius 1 is 1.03 bits per heavy atom. The first-order valence-corrected chi connectivity index (χ1v) is 12.3. The fourth-order valence-electron chi connectivity index (χ4n) is 2.28. The number of pyridine rings is 1. The first kappa shape index (κ1) is 41.8. The number of phosphoric ester groups is 1. The van der Waals surface area contributed by atoms with Crippen LogP contribution in [0.3, 0.4) is 0 Å². The minimum absolute atomic E-state index is 0. The van der Waals surface area contributed by atoms with Crippen LogP contribution in [0.5, 0.6) is 5.75 Å². The third kappa shape index (κ3) is 11.9. The second kappa shape index (κ2) is 16.6. The van der Waals surface area contributed by atoms with Crippen LogP contribution in [-0.2, 0) is 35.9 Å². The maximum atomic E-state index is 11.6. The molecule has 0 saturated heterocycles. The van der Waals surface area contributed by atoms with E-state index in [0.29, 0.717) is 6.07 Å². The Kier molecular flexibility index (Phi) is 19.3. The van der Waals surface area contributed by atoms with Crippen molar-refractivity contribution in [1.29, 1.82) is 0 Å². The van der Waals surface area contributed by atoms with Crippen molar-refractivity contribution in [2.24, 2.45) is 10.2 Å². The van der Waals surface area contributed by atoms with Gasteiger partial charge in [-0.2, -0.15) is 16.8 Å². The molecule has 0 bridgehead atoms. The molecule has 0 radical (unpaired) electrons. The number of carbonyl (C=O) groups is 1. The Morgan fingerprint density at radius 2 is 1.58 bits per heavy atom. The molecule has 1 heterocycles. The second-order valence-corrected chi connectivity index (χ2v) is 9.97. The molecule has 0 saturated carbocycles. The monoisotopic (exact) mass is 603 g/mol. The Balaban J connectivity index is -0.00000272. The van der Waals surface area contributed by atoms with E-state index in [9.17, 15) is 35.9 Å². The minimum Gasteiger partial charge on any atom is -0.505 e. The predicted molar refractivity (Wildman–Crippen MR) is 103 cm³/mol. The number of azo groups is 1. The quantitative estimate of drug-likeness (QED) is 0.0619. The van der Waals surface area contributed by atoms with E-state index >= 15 is 0 Å². The minimum atomic E-state index is -5.06. The smallest absolute Gasteiger partial charge is 0.505 e. The van der Waals surface area contributed by atoms with Gasteiger partial charge in [0, 0.05) is 5.56 Å². The molecular weight excluding hydrogens is 589 g/mol. The Bertz CT molecular complexity index is 1380. The van der Waals surface area contributed by atoms with Gasteiger partial charge in [0.05, 0.1) is 22.8 Å². The number of benzene rings is 1. The van der Waals surface area contributed by atoms with Crippen LogP contribution in [0.1, 0.15) is 21.6 Å². The number of rotatable bonds is 8. The van der Waals surface area contributed by atoms with E-state index in [1.807, 2.05) is 0 Å². The zero-order chi connectivity index (χ0) is 24.5. The third-order valence-corrected chi connectivity index (χ3v) is 5.92. The van der Waals surface area contributed by atoms with Gasteiger partial charge < -0.3 is 14.9 Å². The number of hydrogen-bond acceptors (Lipinski definition) is 11. The molecule has 0 atom stereocenters. The van der Waals surface area contributed by atoms with Gasteiger partial charge in [-0.1, -0.05) is 0 Å². The van der Waals surface area contributed by atoms with Crippen LogP contribution in [0, 0.1) is 6.92 Å². The summed E-state index contributed by atoms with van der Waals surface area (Å²) in [5.41, 5.74) is -1.69. The van der Waals surface area contributed by atoms with Gasteiger partial charge in [0.25, 0.3) is 20.2 Å². The van der Waals surface area contributed by atoms with Crippen LogP contribution in [-0.4, -0.2) is 52.1 Å². The Labute approximate surface area is 293 Å². The zero-order valence-electron chi connectivity index (χ0n) is 19.7. The van der Waals surface area contributed by atoms with Gasteiger partial charge in [-0.15, -0.1) is 10.2 Å². The molecule has 2 aromatic rings. The van der Waals surface area contributed by atoms with Gasteiger partial charge in [0.15, 0.2) is 12.1 Å². The topological polar surface area (TPSA) is 250 Å². The van der Waals surface area contributed by atoms with Crippen molar-refractivity contribution in [2.45, 2.75) is 23.3 Å². The molecule has 0 spiro atoms. The summed E-state index contributed by atoms with van der Waals surface area (Å²) in [5.74, 6) is -1.16. The van der Waals surface area contributed by atoms with E-state index in [0.717, 1.165) is 12.1 Å². The largest absolute Gasteiger partial charge is 1.00 e. The van der Waals surface area contributed by atoms with Gasteiger partial charge in [-0.3, -0.25) is 18.4 Å². The number of nitrogens with zero attached hydrogens (tertiary/aromatic N) is 3. The van der Waals surface area contributed by atoms with Crippen molar-refractivity contribution in [3.63, 3.8) is 0 Å². The normalized spacial score (nSPS) is 11.5. The zero-order valence-corrected chi connectivity index (χ0v) is 30.2. The average molecular weight is 603 g/mol. The van der Waals surface area contributed by atoms with Crippen LogP contribution in [0.15, 0.2) is 38.2 Å². The molecule has 15 nitrogen and oxygen atoms in total. The fourth-order valence-corrected chi connectivity index (χ4v) is 3.81. The maximum Gasteiger partial charge on any atom is 1.00 e. The van der Waals surface area contributed by atoms with E-state index in [-0.39, 0.29) is 130 Å². The van der Waals surface area contributed by atoms with E-state index < -0.39 is 72.8 Å². The molecule has 2 rings (SSSR count). The molecule has 1 aromatic heterocycles. The molecule has 174 valence electrons. The predicted octanol–water partition coefficient (Wildman–Crippen LogP) is -10.6. The van der Waals surface area contributed by atoms with E-state index in [1.165, 1.54) is 6.92 Å². The molecule has 5 N–H and O–H groups in total.